The van der Waals surface area contributed by atoms with Crippen LogP contribution in [0, 0.1) is 23.4 Å². The van der Waals surface area contributed by atoms with Gasteiger partial charge in [0.15, 0.2) is 5.13 Å². The van der Waals surface area contributed by atoms with E-state index in [1.54, 1.807) is 6.07 Å². The Morgan fingerprint density at radius 1 is 1.21 bits per heavy atom. The fourth-order valence-corrected chi connectivity index (χ4v) is 4.43. The number of benzene rings is 2. The van der Waals surface area contributed by atoms with Gasteiger partial charge in [-0.1, -0.05) is 17.4 Å². The van der Waals surface area contributed by atoms with Crippen LogP contribution in [0.25, 0.3) is 10.2 Å². The van der Waals surface area contributed by atoms with Gasteiger partial charge in [0.25, 0.3) is 0 Å². The highest BCUT2D eigenvalue weighted by Gasteiger charge is 2.27. The normalized spacial score (nSPS) is 17.1. The lowest BCUT2D eigenvalue weighted by molar-refractivity contribution is -0.125. The molecule has 0 bridgehead atoms. The molecule has 2 aromatic carbocycles. The molecule has 1 fully saturated rings. The lowest BCUT2D eigenvalue weighted by atomic mass is 9.97. The van der Waals surface area contributed by atoms with Gasteiger partial charge >= 0.3 is 0 Å². The molecule has 8 heteroatoms. The van der Waals surface area contributed by atoms with E-state index in [0.717, 1.165) is 28.3 Å². The maximum absolute atomic E-state index is 13.7. The van der Waals surface area contributed by atoms with Crippen LogP contribution in [0.2, 0.25) is 0 Å². The molecule has 1 saturated heterocycles. The van der Waals surface area contributed by atoms with E-state index in [-0.39, 0.29) is 29.8 Å². The van der Waals surface area contributed by atoms with E-state index < -0.39 is 11.6 Å². The number of amides is 1. The van der Waals surface area contributed by atoms with Crippen LogP contribution in [0.5, 0.6) is 0 Å². The van der Waals surface area contributed by atoms with Crippen LogP contribution in [0.1, 0.15) is 18.4 Å². The molecule has 4 nitrogen and oxygen atoms in total. The Balaban J connectivity index is 1.43. The second-order valence-corrected chi connectivity index (χ2v) is 7.82. The quantitative estimate of drug-likeness (QED) is 0.706. The minimum absolute atomic E-state index is 0.142. The van der Waals surface area contributed by atoms with Gasteiger partial charge in [-0.25, -0.2) is 18.2 Å². The number of rotatable bonds is 4. The Hall–Kier alpha value is -2.61. The summed E-state index contributed by atoms with van der Waals surface area (Å²) in [5.41, 5.74) is 0.583. The minimum Gasteiger partial charge on any atom is -0.352 e. The Morgan fingerprint density at radius 2 is 2.00 bits per heavy atom. The van der Waals surface area contributed by atoms with E-state index in [9.17, 15) is 18.0 Å². The second kappa shape index (κ2) is 7.79. The number of halogens is 3. The number of hydrogen-bond acceptors (Lipinski definition) is 4. The first-order valence-electron chi connectivity index (χ1n) is 9.03. The number of thiazole rings is 1. The SMILES string of the molecule is O=C(NCc1c(F)cccc1F)C1CCCN(c2nc3ccc(F)cc3s2)C1. The number of aromatic nitrogens is 1. The molecule has 1 N–H and O–H groups in total. The zero-order valence-corrected chi connectivity index (χ0v) is 15.7. The molecule has 2 heterocycles. The largest absolute Gasteiger partial charge is 0.352 e. The maximum Gasteiger partial charge on any atom is 0.225 e. The predicted octanol–water partition coefficient (Wildman–Crippen LogP) is 4.25. The third-order valence-electron chi connectivity index (χ3n) is 4.90. The van der Waals surface area contributed by atoms with Crippen molar-refractivity contribution in [3.8, 4) is 0 Å². The van der Waals surface area contributed by atoms with Gasteiger partial charge in [0.05, 0.1) is 16.1 Å². The van der Waals surface area contributed by atoms with Crippen molar-refractivity contribution in [3.05, 3.63) is 59.4 Å². The lowest BCUT2D eigenvalue weighted by Gasteiger charge is -2.31. The van der Waals surface area contributed by atoms with Crippen molar-refractivity contribution < 1.29 is 18.0 Å². The Morgan fingerprint density at radius 3 is 2.79 bits per heavy atom. The highest BCUT2D eigenvalue weighted by molar-refractivity contribution is 7.22. The summed E-state index contributed by atoms with van der Waals surface area (Å²) in [4.78, 5) is 19.1. The second-order valence-electron chi connectivity index (χ2n) is 6.81. The fourth-order valence-electron chi connectivity index (χ4n) is 3.41. The summed E-state index contributed by atoms with van der Waals surface area (Å²) in [7, 11) is 0. The standard InChI is InChI=1S/C20H18F3N3OS/c21-13-6-7-17-18(9-13)28-20(25-17)26-8-2-3-12(11-26)19(27)24-10-14-15(22)4-1-5-16(14)23/h1,4-7,9,12H,2-3,8,10-11H2,(H,24,27). The van der Waals surface area contributed by atoms with Crippen LogP contribution in [0.3, 0.4) is 0 Å². The summed E-state index contributed by atoms with van der Waals surface area (Å²) in [6, 6.07) is 8.10. The van der Waals surface area contributed by atoms with Crippen LogP contribution < -0.4 is 10.2 Å². The summed E-state index contributed by atoms with van der Waals surface area (Å²) in [6.45, 7) is 1.04. The number of carbonyl (C=O) groups excluding carboxylic acids is 1. The van der Waals surface area contributed by atoms with Crippen molar-refractivity contribution in [2.75, 3.05) is 18.0 Å². The van der Waals surface area contributed by atoms with Crippen molar-refractivity contribution in [3.63, 3.8) is 0 Å². The number of anilines is 1. The Bertz CT molecular complexity index is 1000. The third kappa shape index (κ3) is 3.82. The third-order valence-corrected chi connectivity index (χ3v) is 5.98. The highest BCUT2D eigenvalue weighted by Crippen LogP contribution is 2.32. The number of hydrogen-bond donors (Lipinski definition) is 1. The molecule has 0 radical (unpaired) electrons. The molecule has 0 aliphatic carbocycles. The van der Waals surface area contributed by atoms with E-state index in [2.05, 4.69) is 10.3 Å². The smallest absolute Gasteiger partial charge is 0.225 e. The summed E-state index contributed by atoms with van der Waals surface area (Å²) in [5, 5.41) is 3.39. The molecule has 1 aliphatic heterocycles. The van der Waals surface area contributed by atoms with Crippen LogP contribution >= 0.6 is 11.3 Å². The van der Waals surface area contributed by atoms with Crippen molar-refractivity contribution in [1.82, 2.24) is 10.3 Å². The average Bonchev–Trinajstić information content (AvgIpc) is 3.11. The topological polar surface area (TPSA) is 45.2 Å². The number of fused-ring (bicyclic) bond motifs is 1. The van der Waals surface area contributed by atoms with E-state index in [1.165, 1.54) is 41.7 Å². The number of carbonyl (C=O) groups is 1. The van der Waals surface area contributed by atoms with Crippen molar-refractivity contribution in [2.45, 2.75) is 19.4 Å². The summed E-state index contributed by atoms with van der Waals surface area (Å²) < 4.78 is 41.6. The van der Waals surface area contributed by atoms with Gasteiger partial charge in [0.2, 0.25) is 5.91 Å². The Kier molecular flexibility index (Phi) is 5.21. The molecule has 28 heavy (non-hydrogen) atoms. The molecule has 1 atom stereocenters. The summed E-state index contributed by atoms with van der Waals surface area (Å²) in [5.74, 6) is -2.19. The monoisotopic (exact) mass is 405 g/mol. The van der Waals surface area contributed by atoms with Gasteiger partial charge in [-0.3, -0.25) is 4.79 Å². The number of nitrogens with zero attached hydrogens (tertiary/aromatic N) is 2. The molecule has 0 spiro atoms. The number of piperidine rings is 1. The molecular formula is C20H18F3N3OS. The lowest BCUT2D eigenvalue weighted by Crippen LogP contribution is -2.43. The van der Waals surface area contributed by atoms with E-state index in [0.29, 0.717) is 13.0 Å². The van der Waals surface area contributed by atoms with Crippen LogP contribution in [0.15, 0.2) is 36.4 Å². The summed E-state index contributed by atoms with van der Waals surface area (Å²) >= 11 is 1.39. The molecule has 4 rings (SSSR count). The zero-order valence-electron chi connectivity index (χ0n) is 14.9. The highest BCUT2D eigenvalue weighted by atomic mass is 32.1. The van der Waals surface area contributed by atoms with Gasteiger partial charge in [0, 0.05) is 25.2 Å². The molecule has 1 aromatic heterocycles. The van der Waals surface area contributed by atoms with Gasteiger partial charge in [-0.2, -0.15) is 0 Å². The zero-order chi connectivity index (χ0) is 19.7. The van der Waals surface area contributed by atoms with Crippen LogP contribution in [0.4, 0.5) is 18.3 Å². The van der Waals surface area contributed by atoms with Gasteiger partial charge in [0.1, 0.15) is 17.5 Å². The van der Waals surface area contributed by atoms with Crippen molar-refractivity contribution in [2.24, 2.45) is 5.92 Å². The van der Waals surface area contributed by atoms with Crippen LogP contribution in [-0.2, 0) is 11.3 Å². The maximum atomic E-state index is 13.7. The molecule has 3 aromatic rings. The molecule has 146 valence electrons. The molecule has 1 amide bonds. The minimum atomic E-state index is -0.674. The van der Waals surface area contributed by atoms with E-state index >= 15 is 0 Å². The van der Waals surface area contributed by atoms with Gasteiger partial charge in [-0.05, 0) is 43.2 Å². The van der Waals surface area contributed by atoms with Crippen molar-refractivity contribution in [1.29, 1.82) is 0 Å². The molecular weight excluding hydrogens is 387 g/mol. The van der Waals surface area contributed by atoms with E-state index in [4.69, 9.17) is 0 Å². The fraction of sp³-hybridized carbons (Fsp3) is 0.300. The Labute approximate surface area is 164 Å². The first kappa shape index (κ1) is 18.7. The van der Waals surface area contributed by atoms with E-state index in [1.807, 2.05) is 4.90 Å². The summed E-state index contributed by atoms with van der Waals surface area (Å²) in [6.07, 6.45) is 1.50. The van der Waals surface area contributed by atoms with Crippen molar-refractivity contribution >= 4 is 32.6 Å². The average molecular weight is 405 g/mol. The first-order chi connectivity index (χ1) is 13.5. The predicted molar refractivity (Wildman–Crippen MR) is 103 cm³/mol. The molecule has 1 aliphatic rings. The molecule has 1 unspecified atom stereocenters. The van der Waals surface area contributed by atoms with Gasteiger partial charge in [-0.15, -0.1) is 0 Å². The first-order valence-corrected chi connectivity index (χ1v) is 9.84. The number of nitrogens with one attached hydrogen (secondary N) is 1. The van der Waals surface area contributed by atoms with Gasteiger partial charge < -0.3 is 10.2 Å². The molecule has 0 saturated carbocycles. The van der Waals surface area contributed by atoms with Crippen LogP contribution in [-0.4, -0.2) is 24.0 Å².